The molecule has 1 rings (SSSR count). The zero-order valence-corrected chi connectivity index (χ0v) is 12.5. The summed E-state index contributed by atoms with van der Waals surface area (Å²) in [6.07, 6.45) is 3.78. The van der Waals surface area contributed by atoms with Crippen LogP contribution in [0.4, 0.5) is 0 Å². The minimum atomic E-state index is -0.512. The molecular formula is C16H22O3. The monoisotopic (exact) mass is 262 g/mol. The predicted octanol–water partition coefficient (Wildman–Crippen LogP) is 3.57. The Morgan fingerprint density at radius 3 is 1.95 bits per heavy atom. The van der Waals surface area contributed by atoms with Gasteiger partial charge in [-0.3, -0.25) is 9.59 Å². The first kappa shape index (κ1) is 15.4. The molecule has 1 fully saturated rings. The lowest BCUT2D eigenvalue weighted by Crippen LogP contribution is -2.19. The van der Waals surface area contributed by atoms with E-state index in [4.69, 9.17) is 4.74 Å². The second kappa shape index (κ2) is 6.00. The summed E-state index contributed by atoms with van der Waals surface area (Å²) in [4.78, 5) is 23.8. The van der Waals surface area contributed by atoms with Crippen LogP contribution >= 0.6 is 0 Å². The van der Waals surface area contributed by atoms with Crippen LogP contribution in [0.1, 0.15) is 41.5 Å². The first-order chi connectivity index (χ1) is 8.73. The lowest BCUT2D eigenvalue weighted by Gasteiger charge is -2.15. The summed E-state index contributed by atoms with van der Waals surface area (Å²) in [5.74, 6) is -1.90. The molecule has 0 spiro atoms. The van der Waals surface area contributed by atoms with Gasteiger partial charge in [-0.05, 0) is 47.1 Å². The Bertz CT molecular complexity index is 480. The van der Waals surface area contributed by atoms with Gasteiger partial charge in [0.15, 0.2) is 0 Å². The van der Waals surface area contributed by atoms with Gasteiger partial charge < -0.3 is 4.74 Å². The molecule has 2 atom stereocenters. The Morgan fingerprint density at radius 1 is 0.947 bits per heavy atom. The number of rotatable bonds is 3. The molecule has 0 amide bonds. The van der Waals surface area contributed by atoms with Gasteiger partial charge >= 0.3 is 11.9 Å². The second-order valence-electron chi connectivity index (χ2n) is 5.66. The van der Waals surface area contributed by atoms with Gasteiger partial charge in [-0.15, -0.1) is 0 Å². The van der Waals surface area contributed by atoms with E-state index in [-0.39, 0.29) is 0 Å². The highest BCUT2D eigenvalue weighted by Gasteiger charge is 2.44. The van der Waals surface area contributed by atoms with Crippen LogP contribution in [-0.4, -0.2) is 11.9 Å². The molecule has 19 heavy (non-hydrogen) atoms. The Kier molecular flexibility index (Phi) is 4.87. The highest BCUT2D eigenvalue weighted by atomic mass is 16.6. The molecule has 1 aliphatic rings. The van der Waals surface area contributed by atoms with Gasteiger partial charge in [-0.2, -0.15) is 0 Å². The zero-order valence-electron chi connectivity index (χ0n) is 12.5. The maximum absolute atomic E-state index is 12.0. The van der Waals surface area contributed by atoms with Crippen LogP contribution in [0.2, 0.25) is 0 Å². The Hall–Kier alpha value is -1.64. The van der Waals surface area contributed by atoms with Crippen molar-refractivity contribution in [3.63, 3.8) is 0 Å². The molecule has 0 aromatic heterocycles. The van der Waals surface area contributed by atoms with E-state index in [1.807, 2.05) is 53.7 Å². The highest BCUT2D eigenvalue weighted by molar-refractivity contribution is 5.99. The van der Waals surface area contributed by atoms with Crippen molar-refractivity contribution in [2.45, 2.75) is 41.5 Å². The molecule has 0 unspecified atom stereocenters. The molecule has 1 heterocycles. The topological polar surface area (TPSA) is 43.4 Å². The summed E-state index contributed by atoms with van der Waals surface area (Å²) in [5, 5.41) is 0. The van der Waals surface area contributed by atoms with Gasteiger partial charge in [-0.1, -0.05) is 28.9 Å². The number of carbonyl (C=O) groups excluding carboxylic acids is 2. The number of ether oxygens (including phenoxy) is 1. The molecule has 0 radical (unpaired) electrons. The lowest BCUT2D eigenvalue weighted by molar-refractivity contribution is -0.153. The fourth-order valence-electron chi connectivity index (χ4n) is 2.21. The summed E-state index contributed by atoms with van der Waals surface area (Å²) in [7, 11) is 0. The first-order valence-electron chi connectivity index (χ1n) is 6.47. The van der Waals surface area contributed by atoms with Gasteiger partial charge in [0.1, 0.15) is 0 Å². The van der Waals surface area contributed by atoms with Gasteiger partial charge in [-0.25, -0.2) is 0 Å². The van der Waals surface area contributed by atoms with E-state index in [1.165, 1.54) is 0 Å². The van der Waals surface area contributed by atoms with Gasteiger partial charge in [0.25, 0.3) is 0 Å². The first-order valence-corrected chi connectivity index (χ1v) is 6.47. The Balaban J connectivity index is 3.31. The standard InChI is InChI=1S/C16H22O3/c1-9(2)7-12(11(5)6)14-13(8-10(3)4)15(17)19-16(14)18/h7-8,13-14H,1-6H3/t13-,14-/m1/s1. The Labute approximate surface area is 115 Å². The minimum absolute atomic E-state index is 0.443. The summed E-state index contributed by atoms with van der Waals surface area (Å²) < 4.78 is 4.81. The van der Waals surface area contributed by atoms with Gasteiger partial charge in [0.05, 0.1) is 11.8 Å². The average Bonchev–Trinajstić information content (AvgIpc) is 2.49. The summed E-state index contributed by atoms with van der Waals surface area (Å²) in [6.45, 7) is 11.7. The summed E-state index contributed by atoms with van der Waals surface area (Å²) in [5.41, 5.74) is 4.02. The van der Waals surface area contributed by atoms with Crippen molar-refractivity contribution in [1.29, 1.82) is 0 Å². The molecule has 0 saturated carbocycles. The van der Waals surface area contributed by atoms with Crippen molar-refractivity contribution in [1.82, 2.24) is 0 Å². The number of hydrogen-bond donors (Lipinski definition) is 0. The molecule has 104 valence electrons. The number of allylic oxidation sites excluding steroid dienone is 4. The normalized spacial score (nSPS) is 21.8. The van der Waals surface area contributed by atoms with Crippen molar-refractivity contribution < 1.29 is 14.3 Å². The molecule has 0 aromatic rings. The third-order valence-electron chi connectivity index (χ3n) is 2.96. The molecule has 3 nitrogen and oxygen atoms in total. The molecule has 0 aromatic carbocycles. The number of cyclic esters (lactones) is 2. The molecule has 0 bridgehead atoms. The van der Waals surface area contributed by atoms with Gasteiger partial charge in [0, 0.05) is 0 Å². The van der Waals surface area contributed by atoms with Crippen LogP contribution in [0.5, 0.6) is 0 Å². The molecular weight excluding hydrogens is 240 g/mol. The number of hydrogen-bond acceptors (Lipinski definition) is 3. The van der Waals surface area contributed by atoms with Crippen LogP contribution in [0.3, 0.4) is 0 Å². The third-order valence-corrected chi connectivity index (χ3v) is 2.96. The van der Waals surface area contributed by atoms with Gasteiger partial charge in [0.2, 0.25) is 0 Å². The fourth-order valence-corrected chi connectivity index (χ4v) is 2.21. The average molecular weight is 262 g/mol. The fraction of sp³-hybridized carbons (Fsp3) is 0.500. The van der Waals surface area contributed by atoms with Crippen molar-refractivity contribution >= 4 is 11.9 Å². The number of esters is 2. The van der Waals surface area contributed by atoms with Crippen LogP contribution in [-0.2, 0) is 14.3 Å². The maximum atomic E-state index is 12.0. The van der Waals surface area contributed by atoms with E-state index >= 15 is 0 Å². The minimum Gasteiger partial charge on any atom is -0.392 e. The summed E-state index contributed by atoms with van der Waals surface area (Å²) in [6, 6.07) is 0. The van der Waals surface area contributed by atoms with E-state index < -0.39 is 23.8 Å². The van der Waals surface area contributed by atoms with Crippen molar-refractivity contribution in [2.75, 3.05) is 0 Å². The molecule has 0 N–H and O–H groups in total. The predicted molar refractivity (Wildman–Crippen MR) is 75.3 cm³/mol. The lowest BCUT2D eigenvalue weighted by atomic mass is 9.84. The third kappa shape index (κ3) is 3.66. The zero-order chi connectivity index (χ0) is 14.7. The van der Waals surface area contributed by atoms with Crippen molar-refractivity contribution in [3.8, 4) is 0 Å². The second-order valence-corrected chi connectivity index (χ2v) is 5.66. The van der Waals surface area contributed by atoms with Crippen LogP contribution < -0.4 is 0 Å². The maximum Gasteiger partial charge on any atom is 0.322 e. The number of carbonyl (C=O) groups is 2. The van der Waals surface area contributed by atoms with E-state index in [1.54, 1.807) is 0 Å². The highest BCUT2D eigenvalue weighted by Crippen LogP contribution is 2.34. The van der Waals surface area contributed by atoms with Crippen LogP contribution in [0, 0.1) is 11.8 Å². The Morgan fingerprint density at radius 2 is 1.53 bits per heavy atom. The SMILES string of the molecule is CC(C)=CC(=C(C)C)[C@H]1C(=O)OC(=O)[C@@H]1C=C(C)C. The molecule has 0 aliphatic carbocycles. The largest absolute Gasteiger partial charge is 0.392 e. The quantitative estimate of drug-likeness (QED) is 0.338. The van der Waals surface area contributed by atoms with Crippen molar-refractivity contribution in [2.24, 2.45) is 11.8 Å². The van der Waals surface area contributed by atoms with Crippen LogP contribution in [0.15, 0.2) is 34.4 Å². The summed E-state index contributed by atoms with van der Waals surface area (Å²) >= 11 is 0. The molecule has 1 saturated heterocycles. The van der Waals surface area contributed by atoms with Crippen LogP contribution in [0.25, 0.3) is 0 Å². The molecule has 1 aliphatic heterocycles. The van der Waals surface area contributed by atoms with E-state index in [0.717, 1.165) is 22.3 Å². The van der Waals surface area contributed by atoms with E-state index in [2.05, 4.69) is 0 Å². The molecule has 3 heteroatoms. The van der Waals surface area contributed by atoms with Crippen molar-refractivity contribution in [3.05, 3.63) is 34.4 Å². The van der Waals surface area contributed by atoms with E-state index in [9.17, 15) is 9.59 Å². The van der Waals surface area contributed by atoms with E-state index in [0.29, 0.717) is 0 Å². The smallest absolute Gasteiger partial charge is 0.322 e.